The average Bonchev–Trinajstić information content (AvgIpc) is 3.08. The normalized spacial score (nSPS) is 20.8. The van der Waals surface area contributed by atoms with Crippen LogP contribution >= 0.6 is 0 Å². The first-order valence-corrected chi connectivity index (χ1v) is 8.19. The van der Waals surface area contributed by atoms with Crippen LogP contribution in [0.1, 0.15) is 30.5 Å². The average molecular weight is 311 g/mol. The van der Waals surface area contributed by atoms with Gasteiger partial charge in [-0.3, -0.25) is 0 Å². The Hall–Kier alpha value is -1.74. The number of nitrogens with zero attached hydrogens (tertiary/aromatic N) is 5. The molecule has 2 aromatic rings. The van der Waals surface area contributed by atoms with Crippen molar-refractivity contribution in [3.8, 4) is 0 Å². The standard InChI is InChI=1S/C12H17N5O3S/c1-9-14-12(15-20-9)10-4-3-5-17(6-10)21(18,19)11-7-16(2)8-13-11/h7-8,10H,3-6H2,1-2H3. The van der Waals surface area contributed by atoms with Crippen LogP contribution in [0.25, 0.3) is 0 Å². The molecule has 0 bridgehead atoms. The van der Waals surface area contributed by atoms with Crippen LogP contribution in [0, 0.1) is 6.92 Å². The van der Waals surface area contributed by atoms with Crippen LogP contribution in [0.4, 0.5) is 0 Å². The zero-order valence-corrected chi connectivity index (χ0v) is 12.7. The molecule has 1 atom stereocenters. The molecule has 1 aliphatic heterocycles. The second-order valence-corrected chi connectivity index (χ2v) is 7.14. The lowest BCUT2D eigenvalue weighted by molar-refractivity contribution is 0.300. The van der Waals surface area contributed by atoms with Gasteiger partial charge in [-0.05, 0) is 12.8 Å². The number of hydrogen-bond acceptors (Lipinski definition) is 6. The number of hydrogen-bond donors (Lipinski definition) is 0. The first-order valence-electron chi connectivity index (χ1n) is 6.75. The van der Waals surface area contributed by atoms with Crippen molar-refractivity contribution in [1.82, 2.24) is 24.0 Å². The summed E-state index contributed by atoms with van der Waals surface area (Å²) in [5, 5.41) is 3.98. The van der Waals surface area contributed by atoms with Crippen molar-refractivity contribution in [2.45, 2.75) is 30.7 Å². The van der Waals surface area contributed by atoms with Crippen LogP contribution < -0.4 is 0 Å². The second-order valence-electron chi connectivity index (χ2n) is 5.25. The van der Waals surface area contributed by atoms with Crippen LogP contribution in [0.5, 0.6) is 0 Å². The minimum Gasteiger partial charge on any atom is -0.340 e. The fourth-order valence-corrected chi connectivity index (χ4v) is 4.00. The summed E-state index contributed by atoms with van der Waals surface area (Å²) in [4.78, 5) is 8.16. The second kappa shape index (κ2) is 5.23. The molecule has 0 N–H and O–H groups in total. The molecule has 8 nitrogen and oxygen atoms in total. The Morgan fingerprint density at radius 2 is 2.24 bits per heavy atom. The molecule has 0 spiro atoms. The van der Waals surface area contributed by atoms with Crippen LogP contribution in [-0.2, 0) is 17.1 Å². The minimum atomic E-state index is -3.56. The number of rotatable bonds is 3. The highest BCUT2D eigenvalue weighted by Gasteiger charge is 2.33. The molecule has 0 aromatic carbocycles. The summed E-state index contributed by atoms with van der Waals surface area (Å²) in [7, 11) is -1.82. The lowest BCUT2D eigenvalue weighted by Gasteiger charge is -2.29. The molecule has 0 amide bonds. The molecule has 9 heteroatoms. The fourth-order valence-electron chi connectivity index (χ4n) is 2.51. The third-order valence-electron chi connectivity index (χ3n) is 3.58. The monoisotopic (exact) mass is 311 g/mol. The Balaban J connectivity index is 1.83. The van der Waals surface area contributed by atoms with Gasteiger partial charge < -0.3 is 9.09 Å². The highest BCUT2D eigenvalue weighted by atomic mass is 32.2. The quantitative estimate of drug-likeness (QED) is 0.827. The van der Waals surface area contributed by atoms with E-state index in [-0.39, 0.29) is 10.9 Å². The van der Waals surface area contributed by atoms with Crippen LogP contribution in [0.2, 0.25) is 0 Å². The van der Waals surface area contributed by atoms with E-state index in [0.717, 1.165) is 12.8 Å². The molecule has 114 valence electrons. The van der Waals surface area contributed by atoms with Crippen LogP contribution in [-0.4, -0.2) is 45.5 Å². The Kier molecular flexibility index (Phi) is 3.54. The topological polar surface area (TPSA) is 94.1 Å². The van der Waals surface area contributed by atoms with E-state index in [4.69, 9.17) is 4.52 Å². The molecular formula is C12H17N5O3S. The molecule has 0 saturated carbocycles. The van der Waals surface area contributed by atoms with E-state index in [0.29, 0.717) is 24.8 Å². The maximum absolute atomic E-state index is 12.6. The molecule has 3 heterocycles. The van der Waals surface area contributed by atoms with Gasteiger partial charge in [-0.2, -0.15) is 9.29 Å². The van der Waals surface area contributed by atoms with Gasteiger partial charge in [0.2, 0.25) is 5.89 Å². The number of sulfonamides is 1. The van der Waals surface area contributed by atoms with Gasteiger partial charge in [-0.1, -0.05) is 5.16 Å². The molecule has 1 unspecified atom stereocenters. The van der Waals surface area contributed by atoms with Crippen LogP contribution in [0.3, 0.4) is 0 Å². The third kappa shape index (κ3) is 2.70. The minimum absolute atomic E-state index is 0.0327. The molecule has 1 aliphatic rings. The summed E-state index contributed by atoms with van der Waals surface area (Å²) in [5.74, 6) is 1.04. The van der Waals surface area contributed by atoms with Gasteiger partial charge in [-0.25, -0.2) is 13.4 Å². The zero-order chi connectivity index (χ0) is 15.0. The van der Waals surface area contributed by atoms with Gasteiger partial charge >= 0.3 is 0 Å². The van der Waals surface area contributed by atoms with Gasteiger partial charge in [0.05, 0.1) is 6.33 Å². The predicted octanol–water partition coefficient (Wildman–Crippen LogP) is 0.680. The van der Waals surface area contributed by atoms with Crippen molar-refractivity contribution >= 4 is 10.0 Å². The van der Waals surface area contributed by atoms with Gasteiger partial charge in [0.15, 0.2) is 10.9 Å². The van der Waals surface area contributed by atoms with Crippen molar-refractivity contribution in [2.24, 2.45) is 7.05 Å². The maximum atomic E-state index is 12.6. The Morgan fingerprint density at radius 1 is 1.43 bits per heavy atom. The van der Waals surface area contributed by atoms with Crippen molar-refractivity contribution < 1.29 is 12.9 Å². The highest BCUT2D eigenvalue weighted by molar-refractivity contribution is 7.89. The summed E-state index contributed by atoms with van der Waals surface area (Å²) >= 11 is 0. The summed E-state index contributed by atoms with van der Waals surface area (Å²) in [6.45, 7) is 2.58. The number of piperidine rings is 1. The van der Waals surface area contributed by atoms with Crippen LogP contribution in [0.15, 0.2) is 22.1 Å². The summed E-state index contributed by atoms with van der Waals surface area (Å²) < 4.78 is 33.2. The van der Waals surface area contributed by atoms with Gasteiger partial charge in [-0.15, -0.1) is 0 Å². The number of aryl methyl sites for hydroxylation is 2. The molecule has 2 aromatic heterocycles. The molecule has 0 aliphatic carbocycles. The largest absolute Gasteiger partial charge is 0.340 e. The highest BCUT2D eigenvalue weighted by Crippen LogP contribution is 2.28. The molecule has 3 rings (SSSR count). The van der Waals surface area contributed by atoms with E-state index in [1.54, 1.807) is 18.5 Å². The molecule has 0 radical (unpaired) electrons. The summed E-state index contributed by atoms with van der Waals surface area (Å²) in [6, 6.07) is 0. The van der Waals surface area contributed by atoms with Crippen molar-refractivity contribution in [3.63, 3.8) is 0 Å². The molecule has 1 fully saturated rings. The maximum Gasteiger partial charge on any atom is 0.262 e. The predicted molar refractivity (Wildman–Crippen MR) is 73.0 cm³/mol. The van der Waals surface area contributed by atoms with E-state index < -0.39 is 10.0 Å². The Bertz CT molecular complexity index is 736. The zero-order valence-electron chi connectivity index (χ0n) is 11.9. The first kappa shape index (κ1) is 14.2. The fraction of sp³-hybridized carbons (Fsp3) is 0.583. The first-order chi connectivity index (χ1) is 9.96. The lowest BCUT2D eigenvalue weighted by atomic mass is 9.99. The SMILES string of the molecule is Cc1nc(C2CCCN(S(=O)(=O)c3cn(C)cn3)C2)no1. The lowest BCUT2D eigenvalue weighted by Crippen LogP contribution is -2.39. The summed E-state index contributed by atoms with van der Waals surface area (Å²) in [5.41, 5.74) is 0. The number of imidazole rings is 1. The molecule has 1 saturated heterocycles. The van der Waals surface area contributed by atoms with Crippen molar-refractivity contribution in [3.05, 3.63) is 24.2 Å². The van der Waals surface area contributed by atoms with E-state index in [1.165, 1.54) is 16.8 Å². The number of aromatic nitrogens is 4. The van der Waals surface area contributed by atoms with E-state index in [1.807, 2.05) is 0 Å². The van der Waals surface area contributed by atoms with Gasteiger partial charge in [0.25, 0.3) is 10.0 Å². The van der Waals surface area contributed by atoms with Gasteiger partial charge in [0, 0.05) is 39.2 Å². The van der Waals surface area contributed by atoms with E-state index in [9.17, 15) is 8.42 Å². The molecule has 21 heavy (non-hydrogen) atoms. The van der Waals surface area contributed by atoms with Crippen molar-refractivity contribution in [1.29, 1.82) is 0 Å². The smallest absolute Gasteiger partial charge is 0.262 e. The summed E-state index contributed by atoms with van der Waals surface area (Å²) in [6.07, 6.45) is 4.62. The molecular weight excluding hydrogens is 294 g/mol. The van der Waals surface area contributed by atoms with Crippen molar-refractivity contribution in [2.75, 3.05) is 13.1 Å². The Labute approximate surface area is 122 Å². The van der Waals surface area contributed by atoms with E-state index >= 15 is 0 Å². The van der Waals surface area contributed by atoms with Gasteiger partial charge in [0.1, 0.15) is 0 Å². The third-order valence-corrected chi connectivity index (χ3v) is 5.33. The van der Waals surface area contributed by atoms with E-state index in [2.05, 4.69) is 15.1 Å². The Morgan fingerprint density at radius 3 is 2.86 bits per heavy atom.